The van der Waals surface area contributed by atoms with Gasteiger partial charge < -0.3 is 5.11 Å². The molecule has 1 aromatic rings. The Balaban J connectivity index is 1.75. The number of fused-ring (bicyclic) bond motifs is 1. The van der Waals surface area contributed by atoms with Gasteiger partial charge in [-0.1, -0.05) is 53.2 Å². The van der Waals surface area contributed by atoms with E-state index in [1.54, 1.807) is 6.07 Å². The normalized spacial score (nSPS) is 22.6. The van der Waals surface area contributed by atoms with Gasteiger partial charge in [-0.25, -0.2) is 0 Å². The summed E-state index contributed by atoms with van der Waals surface area (Å²) in [5.41, 5.74) is 2.63. The lowest BCUT2D eigenvalue weighted by atomic mass is 9.66. The number of hydrogen-bond acceptors (Lipinski definition) is 3. The van der Waals surface area contributed by atoms with Crippen LogP contribution in [0.3, 0.4) is 0 Å². The second-order valence-corrected chi connectivity index (χ2v) is 10.6. The number of allylic oxidation sites excluding steroid dienone is 1. The summed E-state index contributed by atoms with van der Waals surface area (Å²) in [4.78, 5) is 25.7. The van der Waals surface area contributed by atoms with Crippen LogP contribution in [0, 0.1) is 23.2 Å². The molecule has 1 N–H and O–H groups in total. The minimum absolute atomic E-state index is 0.0270. The highest BCUT2D eigenvalue weighted by Gasteiger charge is 2.37. The summed E-state index contributed by atoms with van der Waals surface area (Å²) in [5.74, 6) is 0.624. The number of ketones is 2. The van der Waals surface area contributed by atoms with E-state index >= 15 is 0 Å². The van der Waals surface area contributed by atoms with Crippen molar-refractivity contribution in [1.29, 1.82) is 0 Å². The molecule has 0 radical (unpaired) electrons. The minimum Gasteiger partial charge on any atom is -0.507 e. The Hall–Kier alpha value is -1.90. The maximum atomic E-state index is 12.8. The Morgan fingerprint density at radius 1 is 1.03 bits per heavy atom. The third-order valence-corrected chi connectivity index (χ3v) is 7.33. The zero-order chi connectivity index (χ0) is 22.1. The molecule has 1 fully saturated rings. The number of carbonyl (C=O) groups excluding carboxylic acids is 2. The highest BCUT2D eigenvalue weighted by Crippen LogP contribution is 2.45. The lowest BCUT2D eigenvalue weighted by molar-refractivity contribution is -0.112. The lowest BCUT2D eigenvalue weighted by Crippen LogP contribution is -2.30. The molecule has 0 heterocycles. The van der Waals surface area contributed by atoms with Gasteiger partial charge in [0.15, 0.2) is 0 Å². The number of benzene rings is 1. The summed E-state index contributed by atoms with van der Waals surface area (Å²) in [6, 6.07) is 5.58. The van der Waals surface area contributed by atoms with Gasteiger partial charge in [-0.3, -0.25) is 9.59 Å². The van der Waals surface area contributed by atoms with E-state index in [1.807, 2.05) is 12.1 Å². The first-order valence-electron chi connectivity index (χ1n) is 11.8. The minimum atomic E-state index is -0.505. The average Bonchev–Trinajstić information content (AvgIpc) is 2.69. The number of hydrogen-bond donors (Lipinski definition) is 1. The quantitative estimate of drug-likeness (QED) is 0.495. The van der Waals surface area contributed by atoms with Crippen LogP contribution < -0.4 is 0 Å². The van der Waals surface area contributed by atoms with Crippen LogP contribution in [0.2, 0.25) is 0 Å². The Morgan fingerprint density at radius 2 is 1.70 bits per heavy atom. The average molecular weight is 411 g/mol. The van der Waals surface area contributed by atoms with Crippen LogP contribution in [0.5, 0.6) is 0 Å². The first-order valence-corrected chi connectivity index (χ1v) is 11.8. The number of aliphatic hydroxyl groups excluding tert-OH is 1. The van der Waals surface area contributed by atoms with Crippen LogP contribution in [-0.4, -0.2) is 16.7 Å². The van der Waals surface area contributed by atoms with Gasteiger partial charge in [0.25, 0.3) is 0 Å². The molecule has 0 aromatic heterocycles. The summed E-state index contributed by atoms with van der Waals surface area (Å²) in [5, 5.41) is 10.9. The van der Waals surface area contributed by atoms with Gasteiger partial charge in [0.2, 0.25) is 11.6 Å². The first kappa shape index (κ1) is 22.8. The second kappa shape index (κ2) is 9.08. The summed E-state index contributed by atoms with van der Waals surface area (Å²) < 4.78 is 0. The van der Waals surface area contributed by atoms with E-state index in [2.05, 4.69) is 34.6 Å². The van der Waals surface area contributed by atoms with E-state index in [4.69, 9.17) is 0 Å². The first-order chi connectivity index (χ1) is 14.1. The molecule has 0 spiro atoms. The molecule has 3 rings (SSSR count). The van der Waals surface area contributed by atoms with Crippen molar-refractivity contribution in [3.8, 4) is 0 Å². The van der Waals surface area contributed by atoms with Crippen molar-refractivity contribution in [2.75, 3.05) is 0 Å². The summed E-state index contributed by atoms with van der Waals surface area (Å²) in [6.07, 6.45) is 8.30. The maximum Gasteiger partial charge on any atom is 0.234 e. The van der Waals surface area contributed by atoms with Crippen molar-refractivity contribution in [1.82, 2.24) is 0 Å². The Bertz CT molecular complexity index is 836. The SMILES string of the molecule is CCCC(C)(C)C1CCC(CC2=C(O)c3ccc(CC(C)C)cc3C(=O)C2=O)CC1. The van der Waals surface area contributed by atoms with Gasteiger partial charge >= 0.3 is 0 Å². The van der Waals surface area contributed by atoms with Crippen LogP contribution in [-0.2, 0) is 11.2 Å². The lowest BCUT2D eigenvalue weighted by Gasteiger charge is -2.39. The van der Waals surface area contributed by atoms with Gasteiger partial charge in [0, 0.05) is 16.7 Å². The highest BCUT2D eigenvalue weighted by molar-refractivity contribution is 6.52. The Kier molecular flexibility index (Phi) is 6.89. The number of aliphatic hydroxyl groups is 1. The molecule has 30 heavy (non-hydrogen) atoms. The van der Waals surface area contributed by atoms with E-state index in [0.717, 1.165) is 30.7 Å². The van der Waals surface area contributed by atoms with Crippen molar-refractivity contribution < 1.29 is 14.7 Å². The van der Waals surface area contributed by atoms with E-state index in [-0.39, 0.29) is 5.76 Å². The van der Waals surface area contributed by atoms with Crippen molar-refractivity contribution in [3.05, 3.63) is 40.5 Å². The number of carbonyl (C=O) groups is 2. The van der Waals surface area contributed by atoms with E-state index in [1.165, 1.54) is 25.7 Å². The monoisotopic (exact) mass is 410 g/mol. The summed E-state index contributed by atoms with van der Waals surface area (Å²) in [6.45, 7) is 11.3. The molecule has 0 unspecified atom stereocenters. The highest BCUT2D eigenvalue weighted by atomic mass is 16.3. The second-order valence-electron chi connectivity index (χ2n) is 10.6. The van der Waals surface area contributed by atoms with Crippen molar-refractivity contribution in [3.63, 3.8) is 0 Å². The van der Waals surface area contributed by atoms with E-state index < -0.39 is 11.6 Å². The van der Waals surface area contributed by atoms with Crippen LogP contribution in [0.25, 0.3) is 5.76 Å². The summed E-state index contributed by atoms with van der Waals surface area (Å²) in [7, 11) is 0. The largest absolute Gasteiger partial charge is 0.507 e. The van der Waals surface area contributed by atoms with Gasteiger partial charge in [0.1, 0.15) is 5.76 Å². The zero-order valence-corrected chi connectivity index (χ0v) is 19.4. The smallest absolute Gasteiger partial charge is 0.234 e. The fraction of sp³-hybridized carbons (Fsp3) is 0.630. The van der Waals surface area contributed by atoms with Crippen molar-refractivity contribution in [2.45, 2.75) is 86.0 Å². The van der Waals surface area contributed by atoms with Gasteiger partial charge in [-0.2, -0.15) is 0 Å². The Morgan fingerprint density at radius 3 is 2.30 bits per heavy atom. The molecule has 164 valence electrons. The van der Waals surface area contributed by atoms with E-state index in [0.29, 0.717) is 40.4 Å². The maximum absolute atomic E-state index is 12.8. The molecule has 1 saturated carbocycles. The number of rotatable bonds is 7. The predicted molar refractivity (Wildman–Crippen MR) is 123 cm³/mol. The third-order valence-electron chi connectivity index (χ3n) is 7.33. The van der Waals surface area contributed by atoms with Crippen molar-refractivity contribution >= 4 is 17.3 Å². The molecule has 0 saturated heterocycles. The fourth-order valence-electron chi connectivity index (χ4n) is 5.59. The molecule has 0 atom stereocenters. The molecular formula is C27H38O3. The molecular weight excluding hydrogens is 372 g/mol. The number of Topliss-reactive ketones (excluding diaryl/α,β-unsaturated/α-hetero) is 2. The topological polar surface area (TPSA) is 54.4 Å². The molecule has 2 aliphatic rings. The fourth-order valence-corrected chi connectivity index (χ4v) is 5.59. The van der Waals surface area contributed by atoms with Crippen LogP contribution >= 0.6 is 0 Å². The molecule has 0 bridgehead atoms. The molecule has 0 amide bonds. The van der Waals surface area contributed by atoms with Gasteiger partial charge in [0.05, 0.1) is 0 Å². The predicted octanol–water partition coefficient (Wildman–Crippen LogP) is 6.94. The standard InChI is InChI=1S/C27H38O3/c1-6-13-27(4,5)20-10-7-18(8-11-20)15-23-24(28)21-12-9-19(14-17(2)3)16-22(21)25(29)26(23)30/h9,12,16-18,20,28H,6-8,10-11,13-15H2,1-5H3. The van der Waals surface area contributed by atoms with Gasteiger partial charge in [-0.15, -0.1) is 0 Å². The zero-order valence-electron chi connectivity index (χ0n) is 19.4. The van der Waals surface area contributed by atoms with Crippen LogP contribution in [0.4, 0.5) is 0 Å². The van der Waals surface area contributed by atoms with Crippen LogP contribution in [0.15, 0.2) is 23.8 Å². The van der Waals surface area contributed by atoms with Crippen LogP contribution in [0.1, 0.15) is 101 Å². The summed E-state index contributed by atoms with van der Waals surface area (Å²) >= 11 is 0. The molecule has 0 aliphatic heterocycles. The van der Waals surface area contributed by atoms with E-state index in [9.17, 15) is 14.7 Å². The van der Waals surface area contributed by atoms with Gasteiger partial charge in [-0.05, 0) is 79.7 Å². The van der Waals surface area contributed by atoms with Crippen molar-refractivity contribution in [2.24, 2.45) is 23.2 Å². The molecule has 3 nitrogen and oxygen atoms in total. The Labute approximate surface area is 182 Å². The third kappa shape index (κ3) is 4.71. The molecule has 2 aliphatic carbocycles. The molecule has 1 aromatic carbocycles. The molecule has 3 heteroatoms.